The quantitative estimate of drug-likeness (QED) is 0.574. The van der Waals surface area contributed by atoms with Gasteiger partial charge in [-0.3, -0.25) is 28.4 Å². The van der Waals surface area contributed by atoms with Crippen molar-refractivity contribution in [1.82, 2.24) is 34.3 Å². The summed E-state index contributed by atoms with van der Waals surface area (Å²) in [6, 6.07) is 7.57. The molecule has 1 aliphatic rings. The van der Waals surface area contributed by atoms with E-state index in [1.165, 1.54) is 0 Å². The molecule has 1 saturated heterocycles. The Labute approximate surface area is 175 Å². The van der Waals surface area contributed by atoms with Crippen LogP contribution in [0.1, 0.15) is 25.6 Å². The van der Waals surface area contributed by atoms with Crippen LogP contribution in [0.4, 0.5) is 0 Å². The minimum absolute atomic E-state index is 0.0668. The molecule has 0 bridgehead atoms. The number of unbranched alkanes of at least 4 members (excludes halogenated alkanes) is 1. The normalized spacial score (nSPS) is 15.8. The van der Waals surface area contributed by atoms with Gasteiger partial charge in [-0.2, -0.15) is 0 Å². The van der Waals surface area contributed by atoms with E-state index in [2.05, 4.69) is 32.2 Å². The third-order valence-corrected chi connectivity index (χ3v) is 5.74. The summed E-state index contributed by atoms with van der Waals surface area (Å²) in [5, 5.41) is 12.3. The Hall–Kier alpha value is -2.78. The van der Waals surface area contributed by atoms with E-state index >= 15 is 0 Å². The van der Waals surface area contributed by atoms with Gasteiger partial charge < -0.3 is 5.32 Å². The van der Waals surface area contributed by atoms with Crippen molar-refractivity contribution in [2.45, 2.75) is 26.3 Å². The molecule has 1 aromatic carbocycles. The number of benzene rings is 1. The predicted molar refractivity (Wildman–Crippen MR) is 115 cm³/mol. The minimum atomic E-state index is -0.0668. The molecular weight excluding hydrogens is 382 g/mol. The van der Waals surface area contributed by atoms with Gasteiger partial charge in [0.25, 0.3) is 5.56 Å². The maximum atomic E-state index is 12.6. The molecule has 9 nitrogen and oxygen atoms in total. The van der Waals surface area contributed by atoms with Crippen LogP contribution in [0.5, 0.6) is 0 Å². The van der Waals surface area contributed by atoms with Crippen molar-refractivity contribution in [2.75, 3.05) is 39.3 Å². The van der Waals surface area contributed by atoms with Gasteiger partial charge in [0.2, 0.25) is 11.7 Å². The maximum Gasteiger partial charge on any atom is 0.262 e. The molecular formula is C21H29N7O2. The summed E-state index contributed by atoms with van der Waals surface area (Å²) in [4.78, 5) is 29.1. The highest BCUT2D eigenvalue weighted by molar-refractivity contribution is 5.80. The second kappa shape index (κ2) is 8.93. The van der Waals surface area contributed by atoms with Crippen LogP contribution in [-0.4, -0.2) is 74.1 Å². The highest BCUT2D eigenvalue weighted by Crippen LogP contribution is 2.15. The van der Waals surface area contributed by atoms with Crippen molar-refractivity contribution in [3.63, 3.8) is 0 Å². The third kappa shape index (κ3) is 4.08. The zero-order chi connectivity index (χ0) is 21.1. The van der Waals surface area contributed by atoms with E-state index in [0.717, 1.165) is 56.9 Å². The molecule has 2 aromatic heterocycles. The van der Waals surface area contributed by atoms with Crippen LogP contribution >= 0.6 is 0 Å². The highest BCUT2D eigenvalue weighted by atomic mass is 16.2. The molecule has 3 heterocycles. The molecule has 0 aliphatic carbocycles. The summed E-state index contributed by atoms with van der Waals surface area (Å²) < 4.78 is 3.53. The average Bonchev–Trinajstić information content (AvgIpc) is 3.17. The monoisotopic (exact) mass is 411 g/mol. The summed E-state index contributed by atoms with van der Waals surface area (Å²) in [6.07, 6.45) is 2.10. The molecule has 0 spiro atoms. The lowest BCUT2D eigenvalue weighted by Gasteiger charge is -2.33. The molecule has 3 aromatic rings. The first-order chi connectivity index (χ1) is 14.6. The molecule has 1 aliphatic heterocycles. The van der Waals surface area contributed by atoms with Crippen molar-refractivity contribution in [1.29, 1.82) is 0 Å². The standard InChI is InChI=1S/C21H29N7O2/c1-3-4-9-22-19(29)15-27-12-10-26(11-13-27)14-18-23-24-21-25(2)20(30)16-7-5-6-8-17(16)28(18)21/h5-8H,3-4,9-15H2,1-2H3,(H,22,29). The third-order valence-electron chi connectivity index (χ3n) is 5.74. The van der Waals surface area contributed by atoms with Crippen molar-refractivity contribution >= 4 is 22.6 Å². The molecule has 1 N–H and O–H groups in total. The van der Waals surface area contributed by atoms with Crippen LogP contribution in [0, 0.1) is 0 Å². The van der Waals surface area contributed by atoms with Gasteiger partial charge in [-0.1, -0.05) is 25.5 Å². The van der Waals surface area contributed by atoms with E-state index in [9.17, 15) is 9.59 Å². The first kappa shape index (κ1) is 20.5. The largest absolute Gasteiger partial charge is 0.355 e. The lowest BCUT2D eigenvalue weighted by atomic mass is 10.2. The summed E-state index contributed by atoms with van der Waals surface area (Å²) in [7, 11) is 1.73. The molecule has 160 valence electrons. The van der Waals surface area contributed by atoms with Gasteiger partial charge in [0.05, 0.1) is 24.0 Å². The van der Waals surface area contributed by atoms with Crippen LogP contribution in [0.25, 0.3) is 16.7 Å². The molecule has 0 saturated carbocycles. The van der Waals surface area contributed by atoms with Crippen molar-refractivity contribution in [2.24, 2.45) is 7.05 Å². The van der Waals surface area contributed by atoms with Crippen molar-refractivity contribution in [3.8, 4) is 0 Å². The number of aromatic nitrogens is 4. The molecule has 9 heteroatoms. The summed E-state index contributed by atoms with van der Waals surface area (Å²) in [5.41, 5.74) is 0.765. The molecule has 0 radical (unpaired) electrons. The number of nitrogens with zero attached hydrogens (tertiary/aromatic N) is 6. The summed E-state index contributed by atoms with van der Waals surface area (Å²) in [6.45, 7) is 7.40. The fraction of sp³-hybridized carbons (Fsp3) is 0.524. The van der Waals surface area contributed by atoms with E-state index < -0.39 is 0 Å². The number of carbonyl (C=O) groups is 1. The van der Waals surface area contributed by atoms with E-state index in [1.54, 1.807) is 11.6 Å². The number of rotatable bonds is 7. The van der Waals surface area contributed by atoms with E-state index in [0.29, 0.717) is 24.3 Å². The lowest BCUT2D eigenvalue weighted by molar-refractivity contribution is -0.122. The topological polar surface area (TPSA) is 87.8 Å². The second-order valence-corrected chi connectivity index (χ2v) is 7.89. The van der Waals surface area contributed by atoms with Crippen LogP contribution in [-0.2, 0) is 18.4 Å². The Morgan fingerprint density at radius 2 is 1.83 bits per heavy atom. The van der Waals surface area contributed by atoms with E-state index in [4.69, 9.17) is 0 Å². The van der Waals surface area contributed by atoms with Crippen LogP contribution in [0.15, 0.2) is 29.1 Å². The summed E-state index contributed by atoms with van der Waals surface area (Å²) in [5.74, 6) is 1.48. The Kier molecular flexibility index (Phi) is 6.10. The van der Waals surface area contributed by atoms with Gasteiger partial charge in [-0.25, -0.2) is 0 Å². The van der Waals surface area contributed by atoms with E-state index in [1.807, 2.05) is 28.7 Å². The number of fused-ring (bicyclic) bond motifs is 3. The Bertz CT molecular complexity index is 1100. The number of hydrogen-bond acceptors (Lipinski definition) is 6. The van der Waals surface area contributed by atoms with Crippen molar-refractivity contribution < 1.29 is 4.79 Å². The van der Waals surface area contributed by atoms with Gasteiger partial charge in [0.15, 0.2) is 5.82 Å². The molecule has 4 rings (SSSR count). The van der Waals surface area contributed by atoms with Crippen LogP contribution in [0.2, 0.25) is 0 Å². The molecule has 0 unspecified atom stereocenters. The predicted octanol–water partition coefficient (Wildman–Crippen LogP) is 0.615. The smallest absolute Gasteiger partial charge is 0.262 e. The second-order valence-electron chi connectivity index (χ2n) is 7.89. The van der Waals surface area contributed by atoms with Gasteiger partial charge in [0, 0.05) is 39.8 Å². The molecule has 0 atom stereocenters. The number of nitrogens with one attached hydrogen (secondary N) is 1. The fourth-order valence-corrected chi connectivity index (χ4v) is 3.96. The number of hydrogen-bond donors (Lipinski definition) is 1. The number of carbonyl (C=O) groups excluding carboxylic acids is 1. The zero-order valence-corrected chi connectivity index (χ0v) is 17.7. The van der Waals surface area contributed by atoms with Crippen LogP contribution < -0.4 is 10.9 Å². The fourth-order valence-electron chi connectivity index (χ4n) is 3.96. The first-order valence-electron chi connectivity index (χ1n) is 10.6. The van der Waals surface area contributed by atoms with Gasteiger partial charge in [0.1, 0.15) is 0 Å². The highest BCUT2D eigenvalue weighted by Gasteiger charge is 2.22. The van der Waals surface area contributed by atoms with Gasteiger partial charge >= 0.3 is 0 Å². The molecule has 1 fully saturated rings. The van der Waals surface area contributed by atoms with Gasteiger partial charge in [-0.15, -0.1) is 10.2 Å². The Morgan fingerprint density at radius 1 is 1.10 bits per heavy atom. The van der Waals surface area contributed by atoms with Gasteiger partial charge in [-0.05, 0) is 18.6 Å². The SMILES string of the molecule is CCCCNC(=O)CN1CCN(Cc2nnc3n(C)c(=O)c4ccccc4n23)CC1. The minimum Gasteiger partial charge on any atom is -0.355 e. The van der Waals surface area contributed by atoms with E-state index in [-0.39, 0.29) is 11.5 Å². The number of aryl methyl sites for hydroxylation is 1. The Morgan fingerprint density at radius 3 is 2.60 bits per heavy atom. The molecule has 1 amide bonds. The van der Waals surface area contributed by atoms with Crippen molar-refractivity contribution in [3.05, 3.63) is 40.4 Å². The molecule has 30 heavy (non-hydrogen) atoms. The maximum absolute atomic E-state index is 12.6. The Balaban J connectivity index is 1.44. The van der Waals surface area contributed by atoms with Crippen LogP contribution in [0.3, 0.4) is 0 Å². The number of amides is 1. The zero-order valence-electron chi connectivity index (χ0n) is 17.7. The lowest BCUT2D eigenvalue weighted by Crippen LogP contribution is -2.49. The first-order valence-corrected chi connectivity index (χ1v) is 10.6. The number of para-hydroxylation sites is 1. The average molecular weight is 412 g/mol. The number of piperazine rings is 1. The summed E-state index contributed by atoms with van der Waals surface area (Å²) >= 11 is 0.